The molecule has 0 radical (unpaired) electrons. The lowest BCUT2D eigenvalue weighted by Crippen LogP contribution is -2.14. The summed E-state index contributed by atoms with van der Waals surface area (Å²) in [5.41, 5.74) is 0. The Hall–Kier alpha value is -0.440. The second kappa shape index (κ2) is 2.43. The van der Waals surface area contributed by atoms with Gasteiger partial charge in [0, 0.05) is 12.4 Å². The first-order chi connectivity index (χ1) is 4.22. The summed E-state index contributed by atoms with van der Waals surface area (Å²) in [7, 11) is 0. The van der Waals surface area contributed by atoms with E-state index >= 15 is 0 Å². The third kappa shape index (κ3) is 1.27. The second-order valence-electron chi connectivity index (χ2n) is 1.93. The van der Waals surface area contributed by atoms with Crippen molar-refractivity contribution in [2.24, 2.45) is 10.9 Å². The van der Waals surface area contributed by atoms with Gasteiger partial charge in [-0.2, -0.15) is 0 Å². The maximum absolute atomic E-state index is 10.9. The first-order valence-electron chi connectivity index (χ1n) is 2.65. The van der Waals surface area contributed by atoms with Crippen molar-refractivity contribution in [1.82, 2.24) is 0 Å². The summed E-state index contributed by atoms with van der Waals surface area (Å²) in [4.78, 5) is 14.8. The lowest BCUT2D eigenvalue weighted by Gasteiger charge is -2.05. The van der Waals surface area contributed by atoms with E-state index < -0.39 is 0 Å². The highest BCUT2D eigenvalue weighted by Crippen LogP contribution is 2.15. The Bertz CT molecular complexity index is 195. The van der Waals surface area contributed by atoms with E-state index in [0.717, 1.165) is 0 Å². The van der Waals surface area contributed by atoms with Crippen LogP contribution in [0.25, 0.3) is 0 Å². The van der Waals surface area contributed by atoms with Gasteiger partial charge in [-0.15, -0.1) is 0 Å². The molecule has 1 rings (SSSR count). The van der Waals surface area contributed by atoms with Gasteiger partial charge in [-0.1, -0.05) is 6.92 Å². The molecule has 0 N–H and O–H groups in total. The quantitative estimate of drug-likeness (QED) is 0.566. The molecule has 48 valence electrons. The van der Waals surface area contributed by atoms with Crippen molar-refractivity contribution in [1.29, 1.82) is 0 Å². The van der Waals surface area contributed by atoms with Gasteiger partial charge in [-0.05, 0) is 15.9 Å². The number of carbonyl (C=O) groups is 1. The fourth-order valence-corrected chi connectivity index (χ4v) is 1.07. The first-order valence-corrected chi connectivity index (χ1v) is 3.44. The van der Waals surface area contributed by atoms with Crippen LogP contribution >= 0.6 is 15.9 Å². The number of allylic oxidation sites excluding steroid dienone is 1. The van der Waals surface area contributed by atoms with Crippen molar-refractivity contribution in [2.45, 2.75) is 6.92 Å². The van der Waals surface area contributed by atoms with Crippen LogP contribution in [0.4, 0.5) is 0 Å². The maximum atomic E-state index is 10.9. The number of rotatable bonds is 0. The number of hydrogen-bond acceptors (Lipinski definition) is 2. The number of ketones is 1. The van der Waals surface area contributed by atoms with Gasteiger partial charge in [0.1, 0.15) is 0 Å². The van der Waals surface area contributed by atoms with E-state index in [1.807, 2.05) is 6.92 Å². The minimum absolute atomic E-state index is 0.0654. The van der Waals surface area contributed by atoms with Crippen molar-refractivity contribution in [3.8, 4) is 0 Å². The van der Waals surface area contributed by atoms with Gasteiger partial charge in [-0.3, -0.25) is 9.79 Å². The van der Waals surface area contributed by atoms with Crippen LogP contribution in [-0.4, -0.2) is 12.0 Å². The van der Waals surface area contributed by atoms with Crippen molar-refractivity contribution < 1.29 is 4.79 Å². The molecule has 0 aromatic carbocycles. The fraction of sp³-hybridized carbons (Fsp3) is 0.333. The minimum Gasteiger partial charge on any atom is -0.293 e. The predicted molar refractivity (Wildman–Crippen MR) is 39.7 cm³/mol. The molecule has 1 aliphatic rings. The summed E-state index contributed by atoms with van der Waals surface area (Å²) in [6, 6.07) is 0. The van der Waals surface area contributed by atoms with Crippen LogP contribution in [0.5, 0.6) is 0 Å². The monoisotopic (exact) mass is 187 g/mol. The zero-order chi connectivity index (χ0) is 6.85. The summed E-state index contributed by atoms with van der Waals surface area (Å²) < 4.78 is 0.567. The topological polar surface area (TPSA) is 29.4 Å². The molecule has 3 heteroatoms. The molecule has 9 heavy (non-hydrogen) atoms. The Morgan fingerprint density at radius 3 is 2.89 bits per heavy atom. The average molecular weight is 188 g/mol. The van der Waals surface area contributed by atoms with Crippen molar-refractivity contribution in [3.05, 3.63) is 10.7 Å². The summed E-state index contributed by atoms with van der Waals surface area (Å²) in [5, 5.41) is 0. The second-order valence-corrected chi connectivity index (χ2v) is 2.78. The average Bonchev–Trinajstić information content (AvgIpc) is 1.83. The third-order valence-corrected chi connectivity index (χ3v) is 1.74. The van der Waals surface area contributed by atoms with Gasteiger partial charge >= 0.3 is 0 Å². The highest BCUT2D eigenvalue weighted by atomic mass is 79.9. The molecule has 0 saturated heterocycles. The molecule has 0 aromatic rings. The number of nitrogens with zero attached hydrogens (tertiary/aromatic N) is 1. The van der Waals surface area contributed by atoms with Gasteiger partial charge in [-0.25, -0.2) is 0 Å². The smallest absolute Gasteiger partial charge is 0.179 e. The van der Waals surface area contributed by atoms with Gasteiger partial charge in [0.15, 0.2) is 5.78 Å². The van der Waals surface area contributed by atoms with E-state index in [2.05, 4.69) is 20.9 Å². The van der Waals surface area contributed by atoms with Crippen LogP contribution < -0.4 is 0 Å². The molecule has 1 unspecified atom stereocenters. The number of Topliss-reactive ketones (excluding diaryl/α,β-unsaturated/α-hetero) is 1. The van der Waals surface area contributed by atoms with Crippen molar-refractivity contribution in [3.63, 3.8) is 0 Å². The van der Waals surface area contributed by atoms with Gasteiger partial charge in [0.2, 0.25) is 0 Å². The summed E-state index contributed by atoms with van der Waals surface area (Å²) in [6.07, 6.45) is 3.15. The van der Waals surface area contributed by atoms with Crippen LogP contribution in [-0.2, 0) is 4.79 Å². The zero-order valence-electron chi connectivity index (χ0n) is 4.97. The lowest BCUT2D eigenvalue weighted by molar-refractivity contribution is -0.116. The summed E-state index contributed by atoms with van der Waals surface area (Å²) in [5.74, 6) is 0.0365. The van der Waals surface area contributed by atoms with E-state index in [4.69, 9.17) is 0 Å². The molecule has 0 fully saturated rings. The number of carbonyl (C=O) groups excluding carboxylic acids is 1. The molecule has 0 aliphatic carbocycles. The van der Waals surface area contributed by atoms with Gasteiger partial charge < -0.3 is 0 Å². The van der Waals surface area contributed by atoms with E-state index in [-0.39, 0.29) is 11.7 Å². The van der Waals surface area contributed by atoms with Crippen LogP contribution in [0, 0.1) is 5.92 Å². The molecule has 0 saturated carbocycles. The Morgan fingerprint density at radius 1 is 1.78 bits per heavy atom. The molecule has 1 atom stereocenters. The van der Waals surface area contributed by atoms with E-state index in [1.165, 1.54) is 6.20 Å². The summed E-state index contributed by atoms with van der Waals surface area (Å²) in [6.45, 7) is 1.82. The number of halogens is 1. The SMILES string of the molecule is CC1C=NC=C(Br)C1=O. The molecular weight excluding hydrogens is 182 g/mol. The Labute approximate surface area is 61.8 Å². The lowest BCUT2D eigenvalue weighted by atomic mass is 10.1. The van der Waals surface area contributed by atoms with E-state index in [1.54, 1.807) is 6.21 Å². The van der Waals surface area contributed by atoms with Crippen LogP contribution in [0.15, 0.2) is 15.7 Å². The van der Waals surface area contributed by atoms with Crippen molar-refractivity contribution >= 4 is 27.9 Å². The molecule has 1 heterocycles. The van der Waals surface area contributed by atoms with Gasteiger partial charge in [0.05, 0.1) is 10.4 Å². The Morgan fingerprint density at radius 2 is 2.44 bits per heavy atom. The molecule has 0 spiro atoms. The molecule has 0 aromatic heterocycles. The number of aliphatic imine (C=N–C) groups is 1. The van der Waals surface area contributed by atoms with E-state index in [9.17, 15) is 4.79 Å². The normalized spacial score (nSPS) is 26.2. The Kier molecular flexibility index (Phi) is 1.81. The molecule has 1 aliphatic heterocycles. The fourth-order valence-electron chi connectivity index (χ4n) is 0.586. The molecule has 2 nitrogen and oxygen atoms in total. The predicted octanol–water partition coefficient (Wildman–Crippen LogP) is 1.51. The standard InChI is InChI=1S/C6H6BrNO/c1-4-2-8-3-5(7)6(4)9/h2-4H,1H3. The maximum Gasteiger partial charge on any atom is 0.179 e. The third-order valence-electron chi connectivity index (χ3n) is 1.15. The van der Waals surface area contributed by atoms with Crippen molar-refractivity contribution in [2.75, 3.05) is 0 Å². The first kappa shape index (κ1) is 6.68. The molecular formula is C6H6BrNO. The molecule has 0 bridgehead atoms. The highest BCUT2D eigenvalue weighted by Gasteiger charge is 2.15. The van der Waals surface area contributed by atoms with Crippen LogP contribution in [0.3, 0.4) is 0 Å². The zero-order valence-corrected chi connectivity index (χ0v) is 6.55. The van der Waals surface area contributed by atoms with E-state index in [0.29, 0.717) is 4.48 Å². The summed E-state index contributed by atoms with van der Waals surface area (Å²) >= 11 is 3.09. The minimum atomic E-state index is -0.0654. The number of hydrogen-bond donors (Lipinski definition) is 0. The highest BCUT2D eigenvalue weighted by molar-refractivity contribution is 9.12. The largest absolute Gasteiger partial charge is 0.293 e. The van der Waals surface area contributed by atoms with Gasteiger partial charge in [0.25, 0.3) is 0 Å². The van der Waals surface area contributed by atoms with Crippen LogP contribution in [0.2, 0.25) is 0 Å². The van der Waals surface area contributed by atoms with Crippen LogP contribution in [0.1, 0.15) is 6.92 Å². The Balaban J connectivity index is 2.86. The molecule has 0 amide bonds.